The highest BCUT2D eigenvalue weighted by molar-refractivity contribution is 8.00. The molecule has 2 heterocycles. The molecule has 2 heteroatoms. The SMILES string of the molecule is C1=Cc2ccc(-c3c4ccccc4c(-c4cccc(/C=C/c5oc6ccccc6c5C5=CC6Sc7ccccc7C6C=C5)c4)c4ccccc34)cc2CC1. The summed E-state index contributed by atoms with van der Waals surface area (Å²) in [4.78, 5) is 1.39. The summed E-state index contributed by atoms with van der Waals surface area (Å²) in [7, 11) is 0. The molecule has 256 valence electrons. The Morgan fingerprint density at radius 3 is 2.09 bits per heavy atom. The summed E-state index contributed by atoms with van der Waals surface area (Å²) < 4.78 is 6.60. The minimum Gasteiger partial charge on any atom is -0.456 e. The maximum atomic E-state index is 6.60. The van der Waals surface area contributed by atoms with Gasteiger partial charge in [0.2, 0.25) is 0 Å². The molecule has 0 radical (unpaired) electrons. The Morgan fingerprint density at radius 2 is 1.30 bits per heavy atom. The van der Waals surface area contributed by atoms with Gasteiger partial charge in [-0.2, -0.15) is 0 Å². The van der Waals surface area contributed by atoms with Crippen molar-refractivity contribution < 1.29 is 4.42 Å². The molecule has 11 rings (SSSR count). The topological polar surface area (TPSA) is 13.1 Å². The van der Waals surface area contributed by atoms with Gasteiger partial charge in [0.25, 0.3) is 0 Å². The predicted molar refractivity (Wildman–Crippen MR) is 231 cm³/mol. The molecule has 1 nitrogen and oxygen atoms in total. The summed E-state index contributed by atoms with van der Waals surface area (Å²) in [6.07, 6.45) is 18.3. The standard InChI is InChI=1S/C52H36OS/c1-2-14-35-31-37(26-25-34(35)13-1)51-43-19-5-3-17-41(43)50(42-18-4-6-20-44(42)51)36-15-11-12-33(30-36)24-29-47-52(45-21-7-9-22-46(45)53-47)38-27-28-40-39-16-8-10-23-48(39)54-49(40)32-38/h1,3-13,15-32,40,49H,2,14H2/b29-24+. The summed E-state index contributed by atoms with van der Waals surface area (Å²) in [6, 6.07) is 51.1. The van der Waals surface area contributed by atoms with Gasteiger partial charge in [0, 0.05) is 27.0 Å². The van der Waals surface area contributed by atoms with Crippen LogP contribution >= 0.6 is 11.8 Å². The van der Waals surface area contributed by atoms with Crippen LogP contribution in [0.2, 0.25) is 0 Å². The third-order valence-electron chi connectivity index (χ3n) is 11.5. The number of para-hydroxylation sites is 1. The van der Waals surface area contributed by atoms with Crippen molar-refractivity contribution in [1.82, 2.24) is 0 Å². The van der Waals surface area contributed by atoms with Crippen molar-refractivity contribution in [2.45, 2.75) is 28.9 Å². The fraction of sp³-hybridized carbons (Fsp3) is 0.0769. The number of rotatable bonds is 5. The molecule has 7 aromatic carbocycles. The van der Waals surface area contributed by atoms with E-state index in [-0.39, 0.29) is 0 Å². The maximum Gasteiger partial charge on any atom is 0.136 e. The Labute approximate surface area is 319 Å². The zero-order valence-electron chi connectivity index (χ0n) is 29.7. The molecule has 0 bridgehead atoms. The van der Waals surface area contributed by atoms with Crippen molar-refractivity contribution in [2.24, 2.45) is 0 Å². The fourth-order valence-electron chi connectivity index (χ4n) is 9.01. The molecular formula is C52H36OS. The van der Waals surface area contributed by atoms with E-state index < -0.39 is 0 Å². The number of hydrogen-bond donors (Lipinski definition) is 0. The van der Waals surface area contributed by atoms with Gasteiger partial charge in [-0.25, -0.2) is 0 Å². The molecule has 0 fully saturated rings. The summed E-state index contributed by atoms with van der Waals surface area (Å²) in [5, 5.41) is 6.63. The Balaban J connectivity index is 1.01. The molecule has 2 unspecified atom stereocenters. The first-order valence-electron chi connectivity index (χ1n) is 19.0. The van der Waals surface area contributed by atoms with Crippen LogP contribution in [0.25, 0.3) is 78.6 Å². The van der Waals surface area contributed by atoms with Crippen LogP contribution in [0.15, 0.2) is 173 Å². The van der Waals surface area contributed by atoms with Crippen LogP contribution in [0, 0.1) is 0 Å². The van der Waals surface area contributed by atoms with Gasteiger partial charge < -0.3 is 4.42 Å². The second kappa shape index (κ2) is 12.8. The molecule has 2 aliphatic carbocycles. The van der Waals surface area contributed by atoms with Gasteiger partial charge in [-0.1, -0.05) is 158 Å². The second-order valence-corrected chi connectivity index (χ2v) is 15.8. The summed E-state index contributed by atoms with van der Waals surface area (Å²) in [6.45, 7) is 0. The second-order valence-electron chi connectivity index (χ2n) is 14.6. The first-order valence-corrected chi connectivity index (χ1v) is 19.8. The number of aryl methyl sites for hydroxylation is 1. The maximum absolute atomic E-state index is 6.60. The lowest BCUT2D eigenvalue weighted by atomic mass is 9.84. The Morgan fingerprint density at radius 1 is 0.593 bits per heavy atom. The van der Waals surface area contributed by atoms with Gasteiger partial charge >= 0.3 is 0 Å². The molecule has 1 aromatic heterocycles. The van der Waals surface area contributed by atoms with Crippen molar-refractivity contribution in [3.05, 3.63) is 197 Å². The summed E-state index contributed by atoms with van der Waals surface area (Å²) in [5.74, 6) is 1.30. The smallest absolute Gasteiger partial charge is 0.136 e. The van der Waals surface area contributed by atoms with E-state index in [0.717, 1.165) is 40.7 Å². The minimum absolute atomic E-state index is 0.380. The molecule has 8 aromatic rings. The number of furan rings is 1. The van der Waals surface area contributed by atoms with Gasteiger partial charge in [0.15, 0.2) is 0 Å². The van der Waals surface area contributed by atoms with Gasteiger partial charge in [0.1, 0.15) is 11.3 Å². The molecular weight excluding hydrogens is 673 g/mol. The lowest BCUT2D eigenvalue weighted by Crippen LogP contribution is -2.09. The van der Waals surface area contributed by atoms with Gasteiger partial charge in [0.05, 0.1) is 0 Å². The van der Waals surface area contributed by atoms with Crippen LogP contribution in [-0.4, -0.2) is 5.25 Å². The van der Waals surface area contributed by atoms with Gasteiger partial charge in [-0.3, -0.25) is 0 Å². The lowest BCUT2D eigenvalue weighted by Gasteiger charge is -2.19. The quantitative estimate of drug-likeness (QED) is 0.165. The highest BCUT2D eigenvalue weighted by atomic mass is 32.2. The molecule has 1 aliphatic heterocycles. The number of thioether (sulfide) groups is 1. The summed E-state index contributed by atoms with van der Waals surface area (Å²) >= 11 is 1.97. The van der Waals surface area contributed by atoms with Crippen molar-refractivity contribution in [2.75, 3.05) is 0 Å². The number of hydrogen-bond acceptors (Lipinski definition) is 2. The zero-order valence-corrected chi connectivity index (χ0v) is 30.5. The van der Waals surface area contributed by atoms with Crippen LogP contribution in [0.5, 0.6) is 0 Å². The third-order valence-corrected chi connectivity index (χ3v) is 12.8. The molecule has 0 saturated carbocycles. The minimum atomic E-state index is 0.380. The molecule has 54 heavy (non-hydrogen) atoms. The lowest BCUT2D eigenvalue weighted by molar-refractivity contribution is 0.603. The molecule has 0 saturated heterocycles. The molecule has 3 aliphatic rings. The predicted octanol–water partition coefficient (Wildman–Crippen LogP) is 14.4. The number of fused-ring (bicyclic) bond motifs is 7. The highest BCUT2D eigenvalue weighted by Gasteiger charge is 2.33. The average molecular weight is 709 g/mol. The van der Waals surface area contributed by atoms with Gasteiger partial charge in [-0.15, -0.1) is 11.8 Å². The van der Waals surface area contributed by atoms with Crippen molar-refractivity contribution in [3.8, 4) is 22.3 Å². The van der Waals surface area contributed by atoms with Crippen molar-refractivity contribution in [3.63, 3.8) is 0 Å². The van der Waals surface area contributed by atoms with Crippen LogP contribution in [-0.2, 0) is 6.42 Å². The Bertz CT molecular complexity index is 2880. The van der Waals surface area contributed by atoms with E-state index in [4.69, 9.17) is 4.42 Å². The monoisotopic (exact) mass is 708 g/mol. The van der Waals surface area contributed by atoms with Crippen LogP contribution in [0.1, 0.15) is 45.9 Å². The normalized spacial score (nSPS) is 17.3. The highest BCUT2D eigenvalue weighted by Crippen LogP contribution is 2.50. The molecule has 0 amide bonds. The van der Waals surface area contributed by atoms with E-state index in [2.05, 4.69) is 182 Å². The number of allylic oxidation sites excluding steroid dienone is 4. The van der Waals surface area contributed by atoms with Crippen LogP contribution < -0.4 is 0 Å². The molecule has 0 spiro atoms. The van der Waals surface area contributed by atoms with Crippen LogP contribution in [0.4, 0.5) is 0 Å². The first kappa shape index (κ1) is 31.4. The zero-order chi connectivity index (χ0) is 35.6. The largest absolute Gasteiger partial charge is 0.456 e. The average Bonchev–Trinajstić information content (AvgIpc) is 3.79. The Hall–Kier alpha value is -6.09. The van der Waals surface area contributed by atoms with Gasteiger partial charge in [-0.05, 0) is 109 Å². The van der Waals surface area contributed by atoms with E-state index in [0.29, 0.717) is 11.2 Å². The van der Waals surface area contributed by atoms with E-state index in [1.807, 2.05) is 11.8 Å². The molecule has 2 atom stereocenters. The number of benzene rings is 7. The molecule has 0 N–H and O–H groups in total. The third kappa shape index (κ3) is 5.16. The summed E-state index contributed by atoms with van der Waals surface area (Å²) in [5.41, 5.74) is 13.7. The van der Waals surface area contributed by atoms with Crippen molar-refractivity contribution in [1.29, 1.82) is 0 Å². The van der Waals surface area contributed by atoms with Crippen LogP contribution in [0.3, 0.4) is 0 Å². The van der Waals surface area contributed by atoms with E-state index in [9.17, 15) is 0 Å². The first-order chi connectivity index (χ1) is 26.8. The van der Waals surface area contributed by atoms with Crippen molar-refractivity contribution >= 4 is 68.1 Å². The Kier molecular flexibility index (Phi) is 7.45. The van der Waals surface area contributed by atoms with E-state index in [1.165, 1.54) is 71.0 Å². The van der Waals surface area contributed by atoms with E-state index >= 15 is 0 Å². The fourth-order valence-corrected chi connectivity index (χ4v) is 10.4. The van der Waals surface area contributed by atoms with E-state index in [1.54, 1.807) is 0 Å².